The van der Waals surface area contributed by atoms with Crippen LogP contribution in [0, 0.1) is 12.8 Å². The molecule has 1 aliphatic heterocycles. The first-order valence-corrected chi connectivity index (χ1v) is 19.2. The normalized spacial score (nSPS) is 15.8. The molecular weight excluding hydrogens is 621 g/mol. The topological polar surface area (TPSA) is 126 Å². The molecule has 1 atom stereocenters. The summed E-state index contributed by atoms with van der Waals surface area (Å²) in [6, 6.07) is 15.4. The van der Waals surface area contributed by atoms with Crippen LogP contribution in [0.2, 0.25) is 0 Å². The van der Waals surface area contributed by atoms with Crippen LogP contribution in [-0.2, 0) is 32.5 Å². The Hall–Kier alpha value is -3.58. The molecule has 0 bridgehead atoms. The molecule has 246 valence electrons. The van der Waals surface area contributed by atoms with Gasteiger partial charge in [-0.1, -0.05) is 32.0 Å². The van der Waals surface area contributed by atoms with E-state index in [0.29, 0.717) is 38.9 Å². The number of nitrogens with one attached hydrogen (secondary N) is 2. The molecule has 1 aliphatic rings. The highest BCUT2D eigenvalue weighted by Crippen LogP contribution is 2.29. The van der Waals surface area contributed by atoms with Crippen molar-refractivity contribution in [1.82, 2.24) is 24.2 Å². The number of pyridine rings is 1. The predicted octanol–water partition coefficient (Wildman–Crippen LogP) is 4.43. The van der Waals surface area contributed by atoms with Crippen molar-refractivity contribution < 1.29 is 12.6 Å². The number of sulfonamides is 1. The van der Waals surface area contributed by atoms with Gasteiger partial charge in [0.2, 0.25) is 16.0 Å². The summed E-state index contributed by atoms with van der Waals surface area (Å²) in [5, 5.41) is 7.10. The Bertz CT molecular complexity index is 2000. The zero-order valence-corrected chi connectivity index (χ0v) is 28.9. The third-order valence-corrected chi connectivity index (χ3v) is 12.8. The number of hydrogen-bond donors (Lipinski definition) is 2. The van der Waals surface area contributed by atoms with E-state index in [2.05, 4.69) is 33.6 Å². The van der Waals surface area contributed by atoms with Gasteiger partial charge in [0, 0.05) is 53.1 Å². The van der Waals surface area contributed by atoms with Crippen molar-refractivity contribution in [2.24, 2.45) is 5.92 Å². The number of piperidine rings is 1. The molecular formula is C34H44N6O4S2. The number of hydrogen-bond acceptors (Lipinski definition) is 8. The van der Waals surface area contributed by atoms with Crippen LogP contribution in [0.25, 0.3) is 22.2 Å². The Morgan fingerprint density at radius 3 is 2.41 bits per heavy atom. The zero-order chi connectivity index (χ0) is 33.2. The van der Waals surface area contributed by atoms with Gasteiger partial charge in [0.05, 0.1) is 6.26 Å². The van der Waals surface area contributed by atoms with Crippen LogP contribution < -0.4 is 16.2 Å². The number of anilines is 2. The third kappa shape index (κ3) is 7.52. The molecule has 0 radical (unpaired) electrons. The summed E-state index contributed by atoms with van der Waals surface area (Å²) >= 11 is 0. The Morgan fingerprint density at radius 2 is 1.76 bits per heavy atom. The monoisotopic (exact) mass is 664 g/mol. The molecule has 12 heteroatoms. The highest BCUT2D eigenvalue weighted by molar-refractivity contribution is 8.00. The molecule has 2 N–H and O–H groups in total. The Morgan fingerprint density at radius 1 is 1.07 bits per heavy atom. The third-order valence-electron chi connectivity index (χ3n) is 8.88. The molecule has 5 rings (SSSR count). The van der Waals surface area contributed by atoms with Crippen molar-refractivity contribution in [2.75, 3.05) is 38.3 Å². The van der Waals surface area contributed by atoms with Crippen LogP contribution in [0.3, 0.4) is 0 Å². The number of likely N-dealkylation sites (N-methyl/N-ethyl adjacent to an activating group) is 1. The van der Waals surface area contributed by atoms with Crippen molar-refractivity contribution in [3.05, 3.63) is 76.2 Å². The quantitative estimate of drug-likeness (QED) is 0.226. The lowest BCUT2D eigenvalue weighted by Gasteiger charge is -2.22. The highest BCUT2D eigenvalue weighted by atomic mass is 32.2. The number of aromatic nitrogens is 3. The van der Waals surface area contributed by atoms with Crippen molar-refractivity contribution in [3.8, 4) is 11.1 Å². The van der Waals surface area contributed by atoms with Gasteiger partial charge in [0.25, 0.3) is 5.56 Å². The molecule has 4 aromatic rings. The first-order chi connectivity index (χ1) is 21.7. The molecule has 1 saturated heterocycles. The van der Waals surface area contributed by atoms with E-state index in [1.54, 1.807) is 24.4 Å². The summed E-state index contributed by atoms with van der Waals surface area (Å²) in [5.74, 6) is 5.01. The second-order valence-corrected chi connectivity index (χ2v) is 17.5. The second-order valence-electron chi connectivity index (χ2n) is 12.5. The Balaban J connectivity index is 1.53. The molecule has 0 saturated carbocycles. The summed E-state index contributed by atoms with van der Waals surface area (Å²) in [6.07, 6.45) is 6.22. The van der Waals surface area contributed by atoms with E-state index >= 15 is 0 Å². The summed E-state index contributed by atoms with van der Waals surface area (Å²) in [7, 11) is -4.58. The van der Waals surface area contributed by atoms with Crippen molar-refractivity contribution in [3.63, 3.8) is 0 Å². The maximum Gasteiger partial charge on any atom is 0.260 e. The van der Waals surface area contributed by atoms with Gasteiger partial charge < -0.3 is 10.6 Å². The number of rotatable bonds is 11. The van der Waals surface area contributed by atoms with Crippen LogP contribution in [0.15, 0.2) is 64.4 Å². The van der Waals surface area contributed by atoms with Gasteiger partial charge in [0.1, 0.15) is 5.65 Å². The van der Waals surface area contributed by atoms with Crippen molar-refractivity contribution in [1.29, 1.82) is 0 Å². The lowest BCUT2D eigenvalue weighted by molar-refractivity contribution is 0.372. The highest BCUT2D eigenvalue weighted by Gasteiger charge is 2.20. The summed E-state index contributed by atoms with van der Waals surface area (Å²) in [6.45, 7) is 7.91. The van der Waals surface area contributed by atoms with Crippen LogP contribution in [0.5, 0.6) is 0 Å². The largest absolute Gasteiger partial charge is 0.324 e. The summed E-state index contributed by atoms with van der Waals surface area (Å²) in [4.78, 5) is 24.0. The molecule has 1 unspecified atom stereocenters. The standard InChI is InChI=1S/C34H44N6O4S2/c1-23(2)45(5,42)29-12-7-24(3)30(21-29)31-20-27-22-36-34(38-32(27)40(33(31)41)18-17-39(4)46(6,43)44)37-28-10-8-25(9-11-28)19-26-13-15-35-16-14-26/h7-12,20-23,26,35H,5,13-19H2,1-4,6H3,(H,36,37,38). The fourth-order valence-electron chi connectivity index (χ4n) is 5.68. The van der Waals surface area contributed by atoms with Gasteiger partial charge in [-0.2, -0.15) is 4.98 Å². The first-order valence-electron chi connectivity index (χ1n) is 15.6. The summed E-state index contributed by atoms with van der Waals surface area (Å²) < 4.78 is 40.5. The van der Waals surface area contributed by atoms with Gasteiger partial charge in [0.15, 0.2) is 0 Å². The van der Waals surface area contributed by atoms with Gasteiger partial charge in [-0.25, -0.2) is 17.7 Å². The molecule has 0 amide bonds. The van der Waals surface area contributed by atoms with Gasteiger partial charge in [-0.15, -0.1) is 0 Å². The van der Waals surface area contributed by atoms with Crippen molar-refractivity contribution in [2.45, 2.75) is 56.7 Å². The molecule has 2 aromatic carbocycles. The van der Waals surface area contributed by atoms with Gasteiger partial charge in [-0.05, 0) is 108 Å². The Labute approximate surface area is 272 Å². The number of benzene rings is 2. The minimum Gasteiger partial charge on any atom is -0.324 e. The molecule has 2 aromatic heterocycles. The molecule has 0 spiro atoms. The fraction of sp³-hybridized carbons (Fsp3) is 0.412. The number of aryl methyl sites for hydroxylation is 1. The summed E-state index contributed by atoms with van der Waals surface area (Å²) in [5.41, 5.74) is 4.02. The van der Waals surface area contributed by atoms with E-state index in [-0.39, 0.29) is 23.9 Å². The van der Waals surface area contributed by atoms with E-state index < -0.39 is 19.5 Å². The van der Waals surface area contributed by atoms with Crippen molar-refractivity contribution >= 4 is 48.1 Å². The van der Waals surface area contributed by atoms with E-state index in [9.17, 15) is 17.4 Å². The van der Waals surface area contributed by atoms with Crippen LogP contribution in [0.4, 0.5) is 11.6 Å². The lowest BCUT2D eigenvalue weighted by atomic mass is 9.91. The average molecular weight is 665 g/mol. The van der Waals surface area contributed by atoms with Crippen LogP contribution in [-0.4, -0.2) is 75.5 Å². The van der Waals surface area contributed by atoms with Crippen LogP contribution in [0.1, 0.15) is 37.8 Å². The molecule has 0 aliphatic carbocycles. The van der Waals surface area contributed by atoms with Gasteiger partial charge in [-0.3, -0.25) is 13.6 Å². The molecule has 46 heavy (non-hydrogen) atoms. The molecule has 3 heterocycles. The second kappa shape index (κ2) is 13.6. The molecule has 1 fully saturated rings. The smallest absolute Gasteiger partial charge is 0.260 e. The van der Waals surface area contributed by atoms with E-state index in [4.69, 9.17) is 4.98 Å². The first kappa shape index (κ1) is 33.8. The SMILES string of the molecule is C=S(=O)(c1ccc(C)c(-c2cc3cnc(Nc4ccc(CC5CCNCC5)cc4)nc3n(CCN(C)S(C)(=O)=O)c2=O)c1)C(C)C. The van der Waals surface area contributed by atoms with E-state index in [1.807, 2.05) is 39.0 Å². The Kier molecular flexibility index (Phi) is 10.0. The lowest BCUT2D eigenvalue weighted by Crippen LogP contribution is -2.33. The van der Waals surface area contributed by atoms with Crippen LogP contribution >= 0.6 is 0 Å². The maximum atomic E-state index is 14.2. The minimum atomic E-state index is -3.47. The number of nitrogens with zero attached hydrogens (tertiary/aromatic N) is 4. The predicted molar refractivity (Wildman–Crippen MR) is 189 cm³/mol. The van der Waals surface area contributed by atoms with E-state index in [0.717, 1.165) is 37.0 Å². The number of fused-ring (bicyclic) bond motifs is 1. The zero-order valence-electron chi connectivity index (χ0n) is 27.2. The maximum absolute atomic E-state index is 14.2. The molecule has 10 nitrogen and oxygen atoms in total. The van der Waals surface area contributed by atoms with Gasteiger partial charge >= 0.3 is 0 Å². The average Bonchev–Trinajstić information content (AvgIpc) is 3.01. The minimum absolute atomic E-state index is 0.0711. The fourth-order valence-corrected chi connectivity index (χ4v) is 7.25. The van der Waals surface area contributed by atoms with E-state index in [1.165, 1.54) is 34.3 Å².